The van der Waals surface area contributed by atoms with Crippen LogP contribution in [0.25, 0.3) is 11.8 Å². The van der Waals surface area contributed by atoms with Crippen molar-refractivity contribution in [1.29, 1.82) is 0 Å². The standard InChI is InChI=1S/C24H24F2N6O3/c1-15-13-30(14-27-15)21-8-5-18(28-23(21)35-3)6-9-22(33)29-31-11-10-16(2)32(24(31)34)20-7-4-17(25)12-19(20)26/h4-9,12-14,16H,10-11H2,1-3H3,(H,29,33). The van der Waals surface area contributed by atoms with Crippen molar-refractivity contribution in [1.82, 2.24) is 25.0 Å². The minimum atomic E-state index is -0.854. The highest BCUT2D eigenvalue weighted by atomic mass is 19.1. The summed E-state index contributed by atoms with van der Waals surface area (Å²) in [5, 5.41) is 1.11. The molecule has 1 saturated heterocycles. The van der Waals surface area contributed by atoms with Gasteiger partial charge in [0.15, 0.2) is 0 Å². The number of methoxy groups -OCH3 is 1. The molecule has 1 unspecified atom stereocenters. The molecule has 2 aromatic heterocycles. The largest absolute Gasteiger partial charge is 0.479 e. The minimum Gasteiger partial charge on any atom is -0.479 e. The number of imidazole rings is 1. The van der Waals surface area contributed by atoms with E-state index >= 15 is 0 Å². The summed E-state index contributed by atoms with van der Waals surface area (Å²) in [6.07, 6.45) is 6.67. The summed E-state index contributed by atoms with van der Waals surface area (Å²) in [5.74, 6) is -1.81. The molecule has 1 aromatic carbocycles. The monoisotopic (exact) mass is 482 g/mol. The highest BCUT2D eigenvalue weighted by molar-refractivity contribution is 5.97. The topological polar surface area (TPSA) is 92.6 Å². The molecular formula is C24H24F2N6O3. The van der Waals surface area contributed by atoms with Crippen LogP contribution in [0.5, 0.6) is 5.88 Å². The number of nitrogens with one attached hydrogen (secondary N) is 1. The van der Waals surface area contributed by atoms with Crippen LogP contribution in [0.1, 0.15) is 24.7 Å². The van der Waals surface area contributed by atoms with E-state index in [1.807, 2.05) is 13.1 Å². The molecule has 0 spiro atoms. The number of aryl methyl sites for hydroxylation is 1. The first-order valence-electron chi connectivity index (χ1n) is 10.9. The number of benzene rings is 1. The van der Waals surface area contributed by atoms with Gasteiger partial charge in [-0.25, -0.2) is 28.6 Å². The number of urea groups is 1. The third-order valence-electron chi connectivity index (χ3n) is 5.51. The number of anilines is 1. The van der Waals surface area contributed by atoms with Gasteiger partial charge in [-0.15, -0.1) is 0 Å². The maximum absolute atomic E-state index is 14.3. The average molecular weight is 482 g/mol. The molecule has 1 aliphatic heterocycles. The average Bonchev–Trinajstić information content (AvgIpc) is 3.26. The third kappa shape index (κ3) is 5.13. The van der Waals surface area contributed by atoms with Crippen LogP contribution in [-0.2, 0) is 4.79 Å². The van der Waals surface area contributed by atoms with Crippen molar-refractivity contribution >= 4 is 23.7 Å². The van der Waals surface area contributed by atoms with Crippen molar-refractivity contribution in [2.24, 2.45) is 0 Å². The van der Waals surface area contributed by atoms with Crippen LogP contribution in [0.3, 0.4) is 0 Å². The number of aromatic nitrogens is 3. The molecule has 0 radical (unpaired) electrons. The fraction of sp³-hybridized carbons (Fsp3) is 0.250. The Morgan fingerprint density at radius 1 is 1.23 bits per heavy atom. The lowest BCUT2D eigenvalue weighted by molar-refractivity contribution is -0.120. The number of carbonyl (C=O) groups excluding carboxylic acids is 2. The Hall–Kier alpha value is -4.28. The summed E-state index contributed by atoms with van der Waals surface area (Å²) < 4.78 is 34.8. The number of hydrogen-bond acceptors (Lipinski definition) is 5. The van der Waals surface area contributed by atoms with E-state index in [0.717, 1.165) is 22.8 Å². The molecule has 0 aliphatic carbocycles. The second-order valence-corrected chi connectivity index (χ2v) is 8.03. The van der Waals surface area contributed by atoms with Crippen LogP contribution in [0.4, 0.5) is 19.3 Å². The van der Waals surface area contributed by atoms with Crippen LogP contribution in [0.15, 0.2) is 48.9 Å². The first-order chi connectivity index (χ1) is 16.8. The number of rotatable bonds is 6. The van der Waals surface area contributed by atoms with Crippen molar-refractivity contribution in [2.75, 3.05) is 18.6 Å². The van der Waals surface area contributed by atoms with Crippen LogP contribution in [0.2, 0.25) is 0 Å². The lowest BCUT2D eigenvalue weighted by Gasteiger charge is -2.39. The van der Waals surface area contributed by atoms with E-state index in [1.54, 1.807) is 30.0 Å². The maximum Gasteiger partial charge on any atom is 0.343 e. The molecule has 0 bridgehead atoms. The van der Waals surface area contributed by atoms with E-state index in [-0.39, 0.29) is 18.3 Å². The normalized spacial score (nSPS) is 16.1. The van der Waals surface area contributed by atoms with Gasteiger partial charge in [0.1, 0.15) is 17.3 Å². The molecule has 4 rings (SSSR count). The molecule has 9 nitrogen and oxygen atoms in total. The quantitative estimate of drug-likeness (QED) is 0.542. The molecule has 1 aliphatic rings. The van der Waals surface area contributed by atoms with E-state index in [0.29, 0.717) is 23.7 Å². The summed E-state index contributed by atoms with van der Waals surface area (Å²) in [4.78, 5) is 35.2. The molecule has 182 valence electrons. The molecule has 3 amide bonds. The van der Waals surface area contributed by atoms with E-state index in [1.165, 1.54) is 30.2 Å². The second-order valence-electron chi connectivity index (χ2n) is 8.03. The molecule has 11 heteroatoms. The number of pyridine rings is 1. The smallest absolute Gasteiger partial charge is 0.343 e. The van der Waals surface area contributed by atoms with E-state index in [2.05, 4.69) is 15.4 Å². The Kier molecular flexibility index (Phi) is 6.76. The summed E-state index contributed by atoms with van der Waals surface area (Å²) in [7, 11) is 1.49. The van der Waals surface area contributed by atoms with E-state index in [4.69, 9.17) is 4.74 Å². The molecule has 1 fully saturated rings. The van der Waals surface area contributed by atoms with Gasteiger partial charge < -0.3 is 9.30 Å². The molecule has 0 saturated carbocycles. The Bertz CT molecular complexity index is 1290. The lowest BCUT2D eigenvalue weighted by atomic mass is 10.1. The molecule has 3 aromatic rings. The van der Waals surface area contributed by atoms with Gasteiger partial charge in [0.2, 0.25) is 5.88 Å². The van der Waals surface area contributed by atoms with Gasteiger partial charge in [-0.05, 0) is 50.6 Å². The van der Waals surface area contributed by atoms with Gasteiger partial charge in [0.05, 0.1) is 30.5 Å². The number of halogens is 2. The van der Waals surface area contributed by atoms with Gasteiger partial charge in [0.25, 0.3) is 5.91 Å². The van der Waals surface area contributed by atoms with Crippen molar-refractivity contribution < 1.29 is 23.1 Å². The highest BCUT2D eigenvalue weighted by Crippen LogP contribution is 2.27. The second kappa shape index (κ2) is 9.92. The Labute approximate surface area is 200 Å². The number of hydrazine groups is 1. The first kappa shape index (κ1) is 23.9. The molecule has 1 N–H and O–H groups in total. The van der Waals surface area contributed by atoms with Crippen molar-refractivity contribution in [3.63, 3.8) is 0 Å². The minimum absolute atomic E-state index is 0.0529. The van der Waals surface area contributed by atoms with E-state index < -0.39 is 23.6 Å². The summed E-state index contributed by atoms with van der Waals surface area (Å²) in [5.41, 5.74) is 4.45. The fourth-order valence-electron chi connectivity index (χ4n) is 3.75. The molecular weight excluding hydrogens is 458 g/mol. The van der Waals surface area contributed by atoms with Crippen LogP contribution in [0, 0.1) is 18.6 Å². The zero-order chi connectivity index (χ0) is 25.1. The van der Waals surface area contributed by atoms with Gasteiger partial charge in [0, 0.05) is 30.9 Å². The van der Waals surface area contributed by atoms with Crippen molar-refractivity contribution in [3.8, 4) is 11.6 Å². The number of amides is 3. The Morgan fingerprint density at radius 2 is 2.00 bits per heavy atom. The first-order valence-corrected chi connectivity index (χ1v) is 10.9. The number of nitrogens with zero attached hydrogens (tertiary/aromatic N) is 5. The number of ether oxygens (including phenoxy) is 1. The zero-order valence-electron chi connectivity index (χ0n) is 19.4. The van der Waals surface area contributed by atoms with Gasteiger partial charge in [-0.2, -0.15) is 0 Å². The molecule has 1 atom stereocenters. The molecule has 3 heterocycles. The number of hydrogen-bond donors (Lipinski definition) is 1. The van der Waals surface area contributed by atoms with E-state index in [9.17, 15) is 18.4 Å². The van der Waals surface area contributed by atoms with Crippen LogP contribution in [-0.4, -0.2) is 51.2 Å². The fourth-order valence-corrected chi connectivity index (χ4v) is 3.75. The van der Waals surface area contributed by atoms with Gasteiger partial charge in [-0.1, -0.05) is 0 Å². The summed E-state index contributed by atoms with van der Waals surface area (Å²) in [6, 6.07) is 5.56. The van der Waals surface area contributed by atoms with Crippen molar-refractivity contribution in [2.45, 2.75) is 26.3 Å². The maximum atomic E-state index is 14.3. The number of carbonyl (C=O) groups is 2. The summed E-state index contributed by atoms with van der Waals surface area (Å²) in [6.45, 7) is 3.87. The van der Waals surface area contributed by atoms with Gasteiger partial charge >= 0.3 is 6.03 Å². The highest BCUT2D eigenvalue weighted by Gasteiger charge is 2.34. The lowest BCUT2D eigenvalue weighted by Crippen LogP contribution is -2.59. The summed E-state index contributed by atoms with van der Waals surface area (Å²) >= 11 is 0. The predicted octanol–water partition coefficient (Wildman–Crippen LogP) is 3.63. The SMILES string of the molecule is COc1nc(C=CC(=O)NN2CCC(C)N(c3ccc(F)cc3F)C2=O)ccc1-n1cnc(C)c1. The predicted molar refractivity (Wildman–Crippen MR) is 125 cm³/mol. The van der Waals surface area contributed by atoms with Crippen LogP contribution >= 0.6 is 0 Å². The van der Waals surface area contributed by atoms with Gasteiger partial charge in [-0.3, -0.25) is 15.1 Å². The Morgan fingerprint density at radius 3 is 2.69 bits per heavy atom. The third-order valence-corrected chi connectivity index (χ3v) is 5.51. The van der Waals surface area contributed by atoms with Crippen molar-refractivity contribution in [3.05, 3.63) is 72.0 Å². The Balaban J connectivity index is 1.46. The van der Waals surface area contributed by atoms with Crippen LogP contribution < -0.4 is 15.1 Å². The zero-order valence-corrected chi connectivity index (χ0v) is 19.4. The molecule has 35 heavy (non-hydrogen) atoms.